The SMILES string of the molecule is CCCN1C(=O)S/C(=C/c2cc(Cl)c(OCc3ccc(Br)cc3)c(Br)c2)C1=O. The van der Waals surface area contributed by atoms with Gasteiger partial charge in [-0.1, -0.05) is 46.6 Å². The van der Waals surface area contributed by atoms with E-state index in [0.29, 0.717) is 33.3 Å². The zero-order valence-corrected chi connectivity index (χ0v) is 19.6. The van der Waals surface area contributed by atoms with Gasteiger partial charge in [0, 0.05) is 11.0 Å². The monoisotopic (exact) mass is 543 g/mol. The number of carbonyl (C=O) groups excluding carboxylic acids is 2. The summed E-state index contributed by atoms with van der Waals surface area (Å²) in [6.45, 7) is 2.73. The van der Waals surface area contributed by atoms with Gasteiger partial charge in [-0.25, -0.2) is 0 Å². The summed E-state index contributed by atoms with van der Waals surface area (Å²) in [6, 6.07) is 11.4. The number of hydrogen-bond acceptors (Lipinski definition) is 4. The molecule has 3 rings (SSSR count). The zero-order chi connectivity index (χ0) is 20.3. The van der Waals surface area contributed by atoms with Crippen LogP contribution in [0.4, 0.5) is 4.79 Å². The molecule has 1 heterocycles. The maximum absolute atomic E-state index is 12.4. The predicted molar refractivity (Wildman–Crippen MR) is 121 cm³/mol. The van der Waals surface area contributed by atoms with Gasteiger partial charge >= 0.3 is 0 Å². The van der Waals surface area contributed by atoms with Crippen molar-refractivity contribution >= 4 is 72.4 Å². The van der Waals surface area contributed by atoms with E-state index >= 15 is 0 Å². The van der Waals surface area contributed by atoms with Crippen LogP contribution in [0.2, 0.25) is 5.02 Å². The minimum atomic E-state index is -0.264. The Labute approximate surface area is 189 Å². The lowest BCUT2D eigenvalue weighted by atomic mass is 10.2. The van der Waals surface area contributed by atoms with Gasteiger partial charge in [0.25, 0.3) is 11.1 Å². The number of halogens is 3. The second-order valence-corrected chi connectivity index (χ2v) is 9.23. The normalized spacial score (nSPS) is 15.6. The molecule has 0 aromatic heterocycles. The van der Waals surface area contributed by atoms with Gasteiger partial charge < -0.3 is 4.74 Å². The molecule has 0 bridgehead atoms. The van der Waals surface area contributed by atoms with Crippen LogP contribution in [0.1, 0.15) is 24.5 Å². The van der Waals surface area contributed by atoms with E-state index in [4.69, 9.17) is 16.3 Å². The lowest BCUT2D eigenvalue weighted by Crippen LogP contribution is -2.28. The van der Waals surface area contributed by atoms with Crippen LogP contribution >= 0.6 is 55.2 Å². The third-order valence-electron chi connectivity index (χ3n) is 3.94. The average Bonchev–Trinajstić information content (AvgIpc) is 2.90. The summed E-state index contributed by atoms with van der Waals surface area (Å²) in [5.41, 5.74) is 1.73. The van der Waals surface area contributed by atoms with Crippen LogP contribution in [0, 0.1) is 0 Å². The van der Waals surface area contributed by atoms with Gasteiger partial charge in [0.15, 0.2) is 5.75 Å². The van der Waals surface area contributed by atoms with Crippen molar-refractivity contribution in [2.45, 2.75) is 20.0 Å². The highest BCUT2D eigenvalue weighted by Gasteiger charge is 2.34. The summed E-state index contributed by atoms with van der Waals surface area (Å²) in [4.78, 5) is 26.0. The third-order valence-corrected chi connectivity index (χ3v) is 6.24. The van der Waals surface area contributed by atoms with Crippen LogP contribution in [0.25, 0.3) is 6.08 Å². The Morgan fingerprint density at radius 2 is 1.89 bits per heavy atom. The number of benzene rings is 2. The van der Waals surface area contributed by atoms with Gasteiger partial charge in [-0.15, -0.1) is 0 Å². The first-order chi connectivity index (χ1) is 13.4. The molecular weight excluding hydrogens is 530 g/mol. The molecule has 1 saturated heterocycles. The van der Waals surface area contributed by atoms with Gasteiger partial charge in [0.05, 0.1) is 14.4 Å². The fraction of sp³-hybridized carbons (Fsp3) is 0.200. The fourth-order valence-corrected chi connectivity index (χ4v) is 4.72. The number of carbonyl (C=O) groups is 2. The van der Waals surface area contributed by atoms with Crippen LogP contribution in [0.15, 0.2) is 50.2 Å². The van der Waals surface area contributed by atoms with E-state index in [1.807, 2.05) is 37.3 Å². The smallest absolute Gasteiger partial charge is 0.293 e. The predicted octanol–water partition coefficient (Wildman–Crippen LogP) is 6.89. The van der Waals surface area contributed by atoms with Crippen LogP contribution in [-0.2, 0) is 11.4 Å². The highest BCUT2D eigenvalue weighted by molar-refractivity contribution is 9.10. The summed E-state index contributed by atoms with van der Waals surface area (Å²) >= 11 is 14.2. The second kappa shape index (κ2) is 9.48. The first kappa shape index (κ1) is 21.4. The molecule has 1 aliphatic rings. The first-order valence-electron chi connectivity index (χ1n) is 8.50. The molecule has 1 fully saturated rings. The van der Waals surface area contributed by atoms with E-state index in [1.165, 1.54) is 4.90 Å². The number of amides is 2. The van der Waals surface area contributed by atoms with Crippen LogP contribution in [-0.4, -0.2) is 22.6 Å². The minimum Gasteiger partial charge on any atom is -0.486 e. The summed E-state index contributed by atoms with van der Waals surface area (Å²) in [5, 5.41) is 0.184. The average molecular weight is 546 g/mol. The van der Waals surface area contributed by atoms with Gasteiger partial charge in [0.2, 0.25) is 0 Å². The molecule has 2 aromatic rings. The molecule has 0 atom stereocenters. The minimum absolute atomic E-state index is 0.238. The van der Waals surface area contributed by atoms with Crippen molar-refractivity contribution in [3.05, 3.63) is 66.4 Å². The molecule has 28 heavy (non-hydrogen) atoms. The van der Waals surface area contributed by atoms with Crippen molar-refractivity contribution < 1.29 is 14.3 Å². The Bertz CT molecular complexity index is 924. The Hall–Kier alpha value is -1.28. The number of ether oxygens (including phenoxy) is 1. The molecule has 1 aliphatic heterocycles. The zero-order valence-electron chi connectivity index (χ0n) is 14.9. The topological polar surface area (TPSA) is 46.6 Å². The second-order valence-electron chi connectivity index (χ2n) is 6.06. The molecule has 0 radical (unpaired) electrons. The molecule has 4 nitrogen and oxygen atoms in total. The van der Waals surface area contributed by atoms with E-state index < -0.39 is 0 Å². The van der Waals surface area contributed by atoms with E-state index in [0.717, 1.165) is 33.8 Å². The lowest BCUT2D eigenvalue weighted by Gasteiger charge is -2.12. The highest BCUT2D eigenvalue weighted by Crippen LogP contribution is 2.38. The van der Waals surface area contributed by atoms with Crippen molar-refractivity contribution in [2.24, 2.45) is 0 Å². The Morgan fingerprint density at radius 3 is 2.54 bits per heavy atom. The van der Waals surface area contributed by atoms with E-state index in [1.54, 1.807) is 12.1 Å². The number of nitrogens with zero attached hydrogens (tertiary/aromatic N) is 1. The maximum Gasteiger partial charge on any atom is 0.293 e. The number of imide groups is 1. The Balaban J connectivity index is 1.77. The first-order valence-corrected chi connectivity index (χ1v) is 11.3. The van der Waals surface area contributed by atoms with Gasteiger partial charge in [-0.2, -0.15) is 0 Å². The van der Waals surface area contributed by atoms with Gasteiger partial charge in [-0.05, 0) is 75.6 Å². The summed E-state index contributed by atoms with van der Waals surface area (Å²) in [7, 11) is 0. The Morgan fingerprint density at radius 1 is 1.18 bits per heavy atom. The van der Waals surface area contributed by atoms with Crippen molar-refractivity contribution in [3.8, 4) is 5.75 Å². The molecule has 0 unspecified atom stereocenters. The quantitative estimate of drug-likeness (QED) is 0.371. The van der Waals surface area contributed by atoms with E-state index in [-0.39, 0.29) is 11.1 Å². The maximum atomic E-state index is 12.4. The molecule has 8 heteroatoms. The van der Waals surface area contributed by atoms with Crippen molar-refractivity contribution in [2.75, 3.05) is 6.54 Å². The molecule has 0 N–H and O–H groups in total. The molecule has 0 spiro atoms. The summed E-state index contributed by atoms with van der Waals surface area (Å²) in [6.07, 6.45) is 2.41. The van der Waals surface area contributed by atoms with Crippen molar-refractivity contribution in [3.63, 3.8) is 0 Å². The van der Waals surface area contributed by atoms with Crippen molar-refractivity contribution in [1.82, 2.24) is 4.90 Å². The number of thioether (sulfide) groups is 1. The molecule has 2 aromatic carbocycles. The Kier molecular flexibility index (Phi) is 7.25. The molecule has 0 aliphatic carbocycles. The largest absolute Gasteiger partial charge is 0.486 e. The molecular formula is C20H16Br2ClNO3S. The third kappa shape index (κ3) is 5.00. The van der Waals surface area contributed by atoms with Crippen LogP contribution < -0.4 is 4.74 Å². The van der Waals surface area contributed by atoms with Crippen molar-refractivity contribution in [1.29, 1.82) is 0 Å². The number of hydrogen-bond donors (Lipinski definition) is 0. The lowest BCUT2D eigenvalue weighted by molar-refractivity contribution is -0.122. The summed E-state index contributed by atoms with van der Waals surface area (Å²) < 4.78 is 7.54. The van der Waals surface area contributed by atoms with Crippen LogP contribution in [0.5, 0.6) is 5.75 Å². The van der Waals surface area contributed by atoms with E-state index in [9.17, 15) is 9.59 Å². The number of rotatable bonds is 6. The van der Waals surface area contributed by atoms with E-state index in [2.05, 4.69) is 31.9 Å². The van der Waals surface area contributed by atoms with Gasteiger partial charge in [0.1, 0.15) is 6.61 Å². The molecule has 0 saturated carbocycles. The summed E-state index contributed by atoms with van der Waals surface area (Å²) in [5.74, 6) is 0.264. The van der Waals surface area contributed by atoms with Crippen LogP contribution in [0.3, 0.4) is 0 Å². The highest BCUT2D eigenvalue weighted by atomic mass is 79.9. The standard InChI is InChI=1S/C20H16Br2ClNO3S/c1-2-7-24-19(25)17(28-20(24)26)10-13-8-15(22)18(16(23)9-13)27-11-12-3-5-14(21)6-4-12/h3-6,8-10H,2,7,11H2,1H3/b17-10+. The molecule has 146 valence electrons. The fourth-order valence-electron chi connectivity index (χ4n) is 2.60. The van der Waals surface area contributed by atoms with Gasteiger partial charge in [-0.3, -0.25) is 14.5 Å². The molecule has 2 amide bonds.